The minimum Gasteiger partial charge on any atom is -0.494 e. The van der Waals surface area contributed by atoms with Gasteiger partial charge in [0.2, 0.25) is 0 Å². The molecule has 1 amide bonds. The van der Waals surface area contributed by atoms with Crippen molar-refractivity contribution in [3.8, 4) is 5.75 Å². The van der Waals surface area contributed by atoms with Crippen molar-refractivity contribution in [3.63, 3.8) is 0 Å². The van der Waals surface area contributed by atoms with E-state index < -0.39 is 0 Å². The van der Waals surface area contributed by atoms with Gasteiger partial charge in [0.25, 0.3) is 5.91 Å². The molecule has 0 aliphatic carbocycles. The first-order chi connectivity index (χ1) is 11.2. The molecule has 0 aromatic heterocycles. The number of unbranched alkanes of at least 4 members (excludes halogenated alkanes) is 1. The van der Waals surface area contributed by atoms with E-state index in [1.165, 1.54) is 3.57 Å². The number of amidine groups is 1. The molecule has 0 radical (unpaired) electrons. The van der Waals surface area contributed by atoms with E-state index in [2.05, 4.69) is 22.6 Å². The summed E-state index contributed by atoms with van der Waals surface area (Å²) in [6.07, 6.45) is 1.66. The Bertz CT molecular complexity index is 693. The van der Waals surface area contributed by atoms with Crippen molar-refractivity contribution in [1.82, 2.24) is 4.90 Å². The van der Waals surface area contributed by atoms with Crippen molar-refractivity contribution in [1.29, 1.82) is 5.41 Å². The first-order valence-electron chi connectivity index (χ1n) is 7.55. The number of hydrogen-bond acceptors (Lipinski definition) is 3. The average Bonchev–Trinajstić information content (AvgIpc) is 2.81. The van der Waals surface area contributed by atoms with Gasteiger partial charge in [-0.15, -0.1) is 0 Å². The lowest BCUT2D eigenvalue weighted by Crippen LogP contribution is -2.30. The van der Waals surface area contributed by atoms with Gasteiger partial charge in [-0.05, 0) is 65.8 Å². The molecule has 0 bridgehead atoms. The lowest BCUT2D eigenvalue weighted by atomic mass is 10.1. The molecule has 4 nitrogen and oxygen atoms in total. The van der Waals surface area contributed by atoms with Crippen LogP contribution in [-0.2, 0) is 0 Å². The maximum Gasteiger partial charge on any atom is 0.260 e. The highest BCUT2D eigenvalue weighted by Crippen LogP contribution is 2.22. The van der Waals surface area contributed by atoms with E-state index in [1.807, 2.05) is 42.5 Å². The van der Waals surface area contributed by atoms with Crippen LogP contribution in [0.25, 0.3) is 0 Å². The highest BCUT2D eigenvalue weighted by atomic mass is 127. The van der Waals surface area contributed by atoms with Crippen molar-refractivity contribution in [2.45, 2.75) is 12.8 Å². The number of amides is 1. The van der Waals surface area contributed by atoms with Crippen molar-refractivity contribution in [2.75, 3.05) is 13.2 Å². The fourth-order valence-electron chi connectivity index (χ4n) is 2.57. The van der Waals surface area contributed by atoms with Crippen molar-refractivity contribution < 1.29 is 9.53 Å². The standard InChI is InChI=1S/C18H17IN2O2/c19-13-7-9-14(10-8-13)23-12-4-3-11-21-17(20)15-5-1-2-6-16(15)18(21)22/h1-2,5-10,20H,3-4,11-12H2. The molecule has 0 atom stereocenters. The fourth-order valence-corrected chi connectivity index (χ4v) is 2.93. The van der Waals surface area contributed by atoms with Gasteiger partial charge in [0, 0.05) is 15.7 Å². The SMILES string of the molecule is N=C1c2ccccc2C(=O)N1CCCCOc1ccc(I)cc1. The third kappa shape index (κ3) is 3.55. The number of hydrogen-bond donors (Lipinski definition) is 1. The van der Waals surface area contributed by atoms with Crippen LogP contribution in [0.2, 0.25) is 0 Å². The van der Waals surface area contributed by atoms with Gasteiger partial charge in [-0.3, -0.25) is 15.1 Å². The molecule has 1 aliphatic heterocycles. The summed E-state index contributed by atoms with van der Waals surface area (Å²) < 4.78 is 6.86. The molecule has 1 N–H and O–H groups in total. The normalized spacial score (nSPS) is 13.3. The maximum absolute atomic E-state index is 12.3. The van der Waals surface area contributed by atoms with Gasteiger partial charge in [-0.25, -0.2) is 0 Å². The molecule has 2 aromatic carbocycles. The Balaban J connectivity index is 1.46. The molecular weight excluding hydrogens is 403 g/mol. The number of benzene rings is 2. The second-order valence-electron chi connectivity index (χ2n) is 5.36. The monoisotopic (exact) mass is 420 g/mol. The highest BCUT2D eigenvalue weighted by Gasteiger charge is 2.31. The Morgan fingerprint density at radius 1 is 1.00 bits per heavy atom. The molecule has 0 saturated carbocycles. The minimum atomic E-state index is -0.0656. The minimum absolute atomic E-state index is 0.0656. The first kappa shape index (κ1) is 16.0. The lowest BCUT2D eigenvalue weighted by Gasteiger charge is -2.15. The van der Waals surface area contributed by atoms with Crippen LogP contribution in [0, 0.1) is 8.98 Å². The zero-order valence-corrected chi connectivity index (χ0v) is 14.7. The molecule has 0 unspecified atom stereocenters. The van der Waals surface area contributed by atoms with E-state index in [9.17, 15) is 4.79 Å². The third-order valence-corrected chi connectivity index (χ3v) is 4.51. The second kappa shape index (κ2) is 7.12. The van der Waals surface area contributed by atoms with Gasteiger partial charge in [0.15, 0.2) is 0 Å². The third-order valence-electron chi connectivity index (χ3n) is 3.79. The molecule has 1 aliphatic rings. The second-order valence-corrected chi connectivity index (χ2v) is 6.61. The quantitative estimate of drug-likeness (QED) is 0.569. The van der Waals surface area contributed by atoms with Gasteiger partial charge in [-0.1, -0.05) is 18.2 Å². The van der Waals surface area contributed by atoms with E-state index in [0.29, 0.717) is 24.6 Å². The van der Waals surface area contributed by atoms with Crippen molar-refractivity contribution >= 4 is 34.3 Å². The number of carbonyl (C=O) groups is 1. The largest absolute Gasteiger partial charge is 0.494 e. The average molecular weight is 420 g/mol. The Morgan fingerprint density at radius 2 is 1.70 bits per heavy atom. The Morgan fingerprint density at radius 3 is 2.39 bits per heavy atom. The van der Waals surface area contributed by atoms with Gasteiger partial charge in [0.05, 0.1) is 12.2 Å². The molecule has 0 fully saturated rings. The van der Waals surface area contributed by atoms with E-state index in [1.54, 1.807) is 11.0 Å². The number of carbonyl (C=O) groups excluding carboxylic acids is 1. The summed E-state index contributed by atoms with van der Waals surface area (Å²) in [6.45, 7) is 1.17. The van der Waals surface area contributed by atoms with Gasteiger partial charge >= 0.3 is 0 Å². The number of halogens is 1. The summed E-state index contributed by atoms with van der Waals surface area (Å²) in [5.74, 6) is 1.11. The van der Waals surface area contributed by atoms with Crippen LogP contribution in [0.15, 0.2) is 48.5 Å². The fraction of sp³-hybridized carbons (Fsp3) is 0.222. The van der Waals surface area contributed by atoms with E-state index in [-0.39, 0.29) is 5.91 Å². The summed E-state index contributed by atoms with van der Waals surface area (Å²) in [6, 6.07) is 15.2. The molecule has 0 saturated heterocycles. The summed E-state index contributed by atoms with van der Waals surface area (Å²) in [4.78, 5) is 13.8. The van der Waals surface area contributed by atoms with E-state index in [4.69, 9.17) is 10.1 Å². The number of nitrogens with zero attached hydrogens (tertiary/aromatic N) is 1. The van der Waals surface area contributed by atoms with Crippen molar-refractivity contribution in [3.05, 3.63) is 63.2 Å². The number of nitrogens with one attached hydrogen (secondary N) is 1. The molecule has 1 heterocycles. The molecule has 0 spiro atoms. The molecule has 2 aromatic rings. The topological polar surface area (TPSA) is 53.4 Å². The maximum atomic E-state index is 12.3. The van der Waals surface area contributed by atoms with Gasteiger partial charge in [-0.2, -0.15) is 0 Å². The zero-order valence-electron chi connectivity index (χ0n) is 12.6. The number of fused-ring (bicyclic) bond motifs is 1. The molecule has 118 valence electrons. The Kier molecular flexibility index (Phi) is 4.95. The molecular formula is C18H17IN2O2. The van der Waals surface area contributed by atoms with Crippen molar-refractivity contribution in [2.24, 2.45) is 0 Å². The lowest BCUT2D eigenvalue weighted by molar-refractivity contribution is 0.0856. The molecule has 3 rings (SSSR count). The summed E-state index contributed by atoms with van der Waals surface area (Å²) in [7, 11) is 0. The first-order valence-corrected chi connectivity index (χ1v) is 8.63. The van der Waals surface area contributed by atoms with Gasteiger partial charge < -0.3 is 4.74 Å². The van der Waals surface area contributed by atoms with E-state index in [0.717, 1.165) is 24.2 Å². The molecule has 23 heavy (non-hydrogen) atoms. The van der Waals surface area contributed by atoms with Crippen LogP contribution in [0.3, 0.4) is 0 Å². The predicted octanol–water partition coefficient (Wildman–Crippen LogP) is 3.93. The zero-order chi connectivity index (χ0) is 16.2. The Hall–Kier alpha value is -1.89. The van der Waals surface area contributed by atoms with Crippen LogP contribution < -0.4 is 4.74 Å². The van der Waals surface area contributed by atoms with Crippen LogP contribution in [0.4, 0.5) is 0 Å². The summed E-state index contributed by atoms with van der Waals surface area (Å²) in [5.41, 5.74) is 1.36. The van der Waals surface area contributed by atoms with Gasteiger partial charge in [0.1, 0.15) is 11.6 Å². The molecule has 5 heteroatoms. The number of rotatable bonds is 6. The smallest absolute Gasteiger partial charge is 0.260 e. The number of ether oxygens (including phenoxy) is 1. The van der Waals surface area contributed by atoms with Crippen LogP contribution in [0.5, 0.6) is 5.75 Å². The van der Waals surface area contributed by atoms with Crippen LogP contribution >= 0.6 is 22.6 Å². The highest BCUT2D eigenvalue weighted by molar-refractivity contribution is 14.1. The Labute approximate surface area is 149 Å². The summed E-state index contributed by atoms with van der Waals surface area (Å²) in [5, 5.41) is 8.13. The summed E-state index contributed by atoms with van der Waals surface area (Å²) >= 11 is 2.26. The predicted molar refractivity (Wildman–Crippen MR) is 98.2 cm³/mol. The van der Waals surface area contributed by atoms with Crippen LogP contribution in [0.1, 0.15) is 28.8 Å². The van der Waals surface area contributed by atoms with E-state index >= 15 is 0 Å². The van der Waals surface area contributed by atoms with Crippen LogP contribution in [-0.4, -0.2) is 29.8 Å².